The van der Waals surface area contributed by atoms with Crippen molar-refractivity contribution in [3.8, 4) is 0 Å². The molecule has 1 heterocycles. The monoisotopic (exact) mass is 290 g/mol. The average molecular weight is 291 g/mol. The number of hydrogen-bond donors (Lipinski definition) is 3. The highest BCUT2D eigenvalue weighted by Crippen LogP contribution is 1.97. The van der Waals surface area contributed by atoms with Gasteiger partial charge in [0.05, 0.1) is 4.47 Å². The predicted octanol–water partition coefficient (Wildman–Crippen LogP) is -1.51. The van der Waals surface area contributed by atoms with Crippen LogP contribution in [0, 0.1) is 0 Å². The molecule has 0 unspecified atom stereocenters. The fourth-order valence-electron chi connectivity index (χ4n) is 0.932. The first kappa shape index (κ1) is 12.2. The lowest BCUT2D eigenvalue weighted by atomic mass is 10.5. The van der Waals surface area contributed by atoms with Crippen LogP contribution in [0.4, 0.5) is 4.79 Å². The van der Waals surface area contributed by atoms with Crippen molar-refractivity contribution >= 4 is 27.9 Å². The van der Waals surface area contributed by atoms with E-state index in [1.54, 1.807) is 5.32 Å². The van der Waals surface area contributed by atoms with Gasteiger partial charge in [-0.25, -0.2) is 9.59 Å². The number of carbonyl (C=O) groups is 2. The van der Waals surface area contributed by atoms with Gasteiger partial charge in [0, 0.05) is 6.20 Å². The standard InChI is InChI=1S/C7H7BrN4O4/c8-3-1-12(7(16)11-5(3)14)2-4(13)10-6(9)15/h1H,2H2,(H,11,14,16)(H3,9,10,13,15). The highest BCUT2D eigenvalue weighted by Gasteiger charge is 2.08. The number of nitrogens with zero attached hydrogens (tertiary/aromatic N) is 1. The van der Waals surface area contributed by atoms with E-state index >= 15 is 0 Å². The molecule has 1 rings (SSSR count). The summed E-state index contributed by atoms with van der Waals surface area (Å²) in [5.41, 5.74) is 3.36. The van der Waals surface area contributed by atoms with Crippen LogP contribution in [-0.2, 0) is 11.3 Å². The highest BCUT2D eigenvalue weighted by molar-refractivity contribution is 9.10. The van der Waals surface area contributed by atoms with E-state index in [1.165, 1.54) is 0 Å². The Morgan fingerprint density at radius 1 is 1.50 bits per heavy atom. The van der Waals surface area contributed by atoms with E-state index in [0.717, 1.165) is 10.8 Å². The van der Waals surface area contributed by atoms with Crippen molar-refractivity contribution < 1.29 is 9.59 Å². The van der Waals surface area contributed by atoms with Crippen molar-refractivity contribution in [1.29, 1.82) is 0 Å². The summed E-state index contributed by atoms with van der Waals surface area (Å²) in [4.78, 5) is 45.6. The van der Waals surface area contributed by atoms with E-state index in [0.29, 0.717) is 0 Å². The van der Waals surface area contributed by atoms with Gasteiger partial charge in [-0.05, 0) is 15.9 Å². The lowest BCUT2D eigenvalue weighted by Crippen LogP contribution is -2.40. The SMILES string of the molecule is NC(=O)NC(=O)Cn1cc(Br)c(=O)[nH]c1=O. The summed E-state index contributed by atoms with van der Waals surface area (Å²) >= 11 is 2.89. The maximum Gasteiger partial charge on any atom is 0.328 e. The van der Waals surface area contributed by atoms with Gasteiger partial charge in [-0.1, -0.05) is 0 Å². The first-order chi connectivity index (χ1) is 7.40. The van der Waals surface area contributed by atoms with Crippen molar-refractivity contribution in [3.05, 3.63) is 31.5 Å². The first-order valence-electron chi connectivity index (χ1n) is 3.98. The van der Waals surface area contributed by atoms with Crippen molar-refractivity contribution in [2.45, 2.75) is 6.54 Å². The maximum absolute atomic E-state index is 11.2. The van der Waals surface area contributed by atoms with Gasteiger partial charge in [0.15, 0.2) is 0 Å². The Morgan fingerprint density at radius 2 is 2.12 bits per heavy atom. The second-order valence-corrected chi connectivity index (χ2v) is 3.63. The Morgan fingerprint density at radius 3 is 2.69 bits per heavy atom. The number of hydrogen-bond acceptors (Lipinski definition) is 4. The molecule has 1 aromatic rings. The van der Waals surface area contributed by atoms with E-state index in [4.69, 9.17) is 5.73 Å². The molecule has 0 fully saturated rings. The van der Waals surface area contributed by atoms with Gasteiger partial charge < -0.3 is 5.73 Å². The molecular weight excluding hydrogens is 284 g/mol. The fraction of sp³-hybridized carbons (Fsp3) is 0.143. The Balaban J connectivity index is 2.94. The molecule has 0 aliphatic heterocycles. The summed E-state index contributed by atoms with van der Waals surface area (Å²) in [5, 5.41) is 1.79. The Kier molecular flexibility index (Phi) is 3.61. The number of H-pyrrole nitrogens is 1. The van der Waals surface area contributed by atoms with Gasteiger partial charge in [-0.2, -0.15) is 0 Å². The van der Waals surface area contributed by atoms with E-state index in [-0.39, 0.29) is 4.47 Å². The fourth-order valence-corrected chi connectivity index (χ4v) is 1.28. The van der Waals surface area contributed by atoms with Crippen LogP contribution >= 0.6 is 15.9 Å². The smallest absolute Gasteiger partial charge is 0.328 e. The minimum Gasteiger partial charge on any atom is -0.351 e. The number of urea groups is 1. The van der Waals surface area contributed by atoms with Crippen molar-refractivity contribution in [3.63, 3.8) is 0 Å². The van der Waals surface area contributed by atoms with Crippen LogP contribution in [0.1, 0.15) is 0 Å². The molecule has 0 aliphatic rings. The van der Waals surface area contributed by atoms with Gasteiger partial charge in [0.2, 0.25) is 5.91 Å². The Labute approximate surface area is 96.6 Å². The third kappa shape index (κ3) is 3.05. The van der Waals surface area contributed by atoms with Gasteiger partial charge in [0.25, 0.3) is 5.56 Å². The highest BCUT2D eigenvalue weighted by atomic mass is 79.9. The molecule has 0 saturated carbocycles. The van der Waals surface area contributed by atoms with Crippen molar-refractivity contribution in [2.75, 3.05) is 0 Å². The molecule has 4 N–H and O–H groups in total. The lowest BCUT2D eigenvalue weighted by Gasteiger charge is -2.04. The minimum absolute atomic E-state index is 0.0963. The van der Waals surface area contributed by atoms with E-state index in [2.05, 4.69) is 15.9 Å². The molecule has 1 aromatic heterocycles. The number of nitrogens with one attached hydrogen (secondary N) is 2. The lowest BCUT2D eigenvalue weighted by molar-refractivity contribution is -0.120. The molecule has 0 saturated heterocycles. The van der Waals surface area contributed by atoms with E-state index in [1.807, 2.05) is 4.98 Å². The van der Waals surface area contributed by atoms with Crippen LogP contribution in [0.25, 0.3) is 0 Å². The molecule has 0 aliphatic carbocycles. The zero-order valence-electron chi connectivity index (χ0n) is 7.82. The number of primary amides is 1. The number of imide groups is 1. The second kappa shape index (κ2) is 4.75. The van der Waals surface area contributed by atoms with Gasteiger partial charge in [0.1, 0.15) is 6.54 Å². The number of halogens is 1. The Bertz CT molecular complexity index is 546. The molecule has 0 bridgehead atoms. The minimum atomic E-state index is -1.01. The van der Waals surface area contributed by atoms with Crippen LogP contribution in [-0.4, -0.2) is 21.5 Å². The van der Waals surface area contributed by atoms with Crippen LogP contribution in [0.5, 0.6) is 0 Å². The quantitative estimate of drug-likeness (QED) is 0.612. The zero-order valence-corrected chi connectivity index (χ0v) is 9.41. The van der Waals surface area contributed by atoms with Crippen molar-refractivity contribution in [1.82, 2.24) is 14.9 Å². The molecule has 8 nitrogen and oxygen atoms in total. The molecule has 0 atom stereocenters. The van der Waals surface area contributed by atoms with E-state index < -0.39 is 29.7 Å². The number of rotatable bonds is 2. The molecule has 9 heteroatoms. The topological polar surface area (TPSA) is 127 Å². The summed E-state index contributed by atoms with van der Waals surface area (Å²) in [6, 6.07) is -1.01. The summed E-state index contributed by atoms with van der Waals surface area (Å²) in [5.74, 6) is -0.756. The average Bonchev–Trinajstić information content (AvgIpc) is 2.12. The number of carbonyl (C=O) groups excluding carboxylic acids is 2. The van der Waals surface area contributed by atoms with Crippen LogP contribution in [0.2, 0.25) is 0 Å². The van der Waals surface area contributed by atoms with E-state index in [9.17, 15) is 19.2 Å². The van der Waals surface area contributed by atoms with Crippen molar-refractivity contribution in [2.24, 2.45) is 5.73 Å². The summed E-state index contributed by atoms with van der Waals surface area (Å²) in [6.45, 7) is -0.419. The largest absolute Gasteiger partial charge is 0.351 e. The number of aromatic nitrogens is 2. The normalized spacial score (nSPS) is 9.81. The molecule has 0 aromatic carbocycles. The zero-order chi connectivity index (χ0) is 12.3. The van der Waals surface area contributed by atoms with Gasteiger partial charge in [-0.3, -0.25) is 24.5 Å². The molecule has 16 heavy (non-hydrogen) atoms. The molecule has 0 radical (unpaired) electrons. The summed E-state index contributed by atoms with van der Waals surface area (Å²) in [7, 11) is 0. The molecule has 3 amide bonds. The molecule has 86 valence electrons. The molecular formula is C7H7BrN4O4. The second-order valence-electron chi connectivity index (χ2n) is 2.78. The molecule has 0 spiro atoms. The Hall–Kier alpha value is -1.90. The maximum atomic E-state index is 11.2. The number of aromatic amines is 1. The third-order valence-electron chi connectivity index (χ3n) is 1.54. The van der Waals surface area contributed by atoms with Gasteiger partial charge >= 0.3 is 11.7 Å². The number of nitrogens with two attached hydrogens (primary N) is 1. The number of amides is 3. The summed E-state index contributed by atoms with van der Waals surface area (Å²) in [6.07, 6.45) is 1.14. The third-order valence-corrected chi connectivity index (χ3v) is 2.11. The van der Waals surface area contributed by atoms with Crippen LogP contribution < -0.4 is 22.3 Å². The summed E-state index contributed by atoms with van der Waals surface area (Å²) < 4.78 is 1.02. The van der Waals surface area contributed by atoms with Crippen LogP contribution in [0.3, 0.4) is 0 Å². The first-order valence-corrected chi connectivity index (χ1v) is 4.78. The predicted molar refractivity (Wildman–Crippen MR) is 56.7 cm³/mol. The van der Waals surface area contributed by atoms with Gasteiger partial charge in [-0.15, -0.1) is 0 Å². The van der Waals surface area contributed by atoms with Crippen LogP contribution in [0.15, 0.2) is 20.3 Å².